The smallest absolute Gasteiger partial charge is 0.126 e. The highest BCUT2D eigenvalue weighted by molar-refractivity contribution is 5.63. The molecule has 0 amide bonds. The molecule has 0 aliphatic heterocycles. The monoisotopic (exact) mass is 449 g/mol. The Morgan fingerprint density at radius 1 is 0.879 bits per heavy atom. The first kappa shape index (κ1) is 30.2. The van der Waals surface area contributed by atoms with Gasteiger partial charge >= 0.3 is 0 Å². The zero-order chi connectivity index (χ0) is 24.9. The molecule has 0 atom stereocenters. The lowest BCUT2D eigenvalue weighted by Gasteiger charge is -2.08. The van der Waals surface area contributed by atoms with Gasteiger partial charge in [0, 0.05) is 36.9 Å². The molecule has 33 heavy (non-hydrogen) atoms. The molecule has 3 aromatic rings. The van der Waals surface area contributed by atoms with Gasteiger partial charge in [-0.05, 0) is 64.2 Å². The SMILES string of the molecule is C=CC.CCCOCCC.CCc1cccnc1.Cc1nc(C)c(C)c(-c2ccccc2)n1. The van der Waals surface area contributed by atoms with Crippen molar-refractivity contribution < 1.29 is 4.74 Å². The van der Waals surface area contributed by atoms with Gasteiger partial charge in [0.05, 0.1) is 5.69 Å². The predicted molar refractivity (Wildman–Crippen MR) is 143 cm³/mol. The molecule has 2 heterocycles. The summed E-state index contributed by atoms with van der Waals surface area (Å²) in [6.45, 7) is 19.5. The van der Waals surface area contributed by atoms with Crippen molar-refractivity contribution in [2.24, 2.45) is 0 Å². The second-order valence-electron chi connectivity index (χ2n) is 7.43. The number of rotatable bonds is 6. The molecular weight excluding hydrogens is 406 g/mol. The molecule has 0 bridgehead atoms. The summed E-state index contributed by atoms with van der Waals surface area (Å²) in [6, 6.07) is 14.3. The maximum atomic E-state index is 5.13. The van der Waals surface area contributed by atoms with Crippen LogP contribution in [0.3, 0.4) is 0 Å². The van der Waals surface area contributed by atoms with E-state index in [1.807, 2.05) is 51.2 Å². The van der Waals surface area contributed by atoms with E-state index in [0.717, 1.165) is 60.8 Å². The van der Waals surface area contributed by atoms with Crippen LogP contribution in [-0.2, 0) is 11.2 Å². The van der Waals surface area contributed by atoms with Crippen LogP contribution in [0.15, 0.2) is 67.5 Å². The van der Waals surface area contributed by atoms with Gasteiger partial charge in [-0.3, -0.25) is 4.98 Å². The number of allylic oxidation sites excluding steroid dienone is 1. The fourth-order valence-corrected chi connectivity index (χ4v) is 2.64. The lowest BCUT2D eigenvalue weighted by atomic mass is 10.1. The summed E-state index contributed by atoms with van der Waals surface area (Å²) in [7, 11) is 0. The van der Waals surface area contributed by atoms with Crippen LogP contribution in [0.5, 0.6) is 0 Å². The molecule has 0 spiro atoms. The molecule has 0 unspecified atom stereocenters. The zero-order valence-corrected chi connectivity index (χ0v) is 21.8. The Bertz CT molecular complexity index is 861. The van der Waals surface area contributed by atoms with Gasteiger partial charge in [-0.15, -0.1) is 6.58 Å². The van der Waals surface area contributed by atoms with Crippen LogP contribution in [0.4, 0.5) is 0 Å². The zero-order valence-electron chi connectivity index (χ0n) is 21.8. The van der Waals surface area contributed by atoms with Gasteiger partial charge in [-0.25, -0.2) is 9.97 Å². The van der Waals surface area contributed by atoms with E-state index >= 15 is 0 Å². The maximum Gasteiger partial charge on any atom is 0.126 e. The van der Waals surface area contributed by atoms with Gasteiger partial charge in [0.15, 0.2) is 0 Å². The van der Waals surface area contributed by atoms with E-state index in [0.29, 0.717) is 0 Å². The molecular formula is C29H43N3O. The number of benzene rings is 1. The lowest BCUT2D eigenvalue weighted by Crippen LogP contribution is -1.98. The van der Waals surface area contributed by atoms with Crippen LogP contribution < -0.4 is 0 Å². The van der Waals surface area contributed by atoms with E-state index < -0.39 is 0 Å². The second-order valence-corrected chi connectivity index (χ2v) is 7.43. The van der Waals surface area contributed by atoms with Crippen LogP contribution in [0.25, 0.3) is 11.3 Å². The Labute approximate surface area is 202 Å². The Balaban J connectivity index is 0.000000482. The van der Waals surface area contributed by atoms with Crippen molar-refractivity contribution in [2.45, 2.75) is 67.7 Å². The van der Waals surface area contributed by atoms with Crippen molar-refractivity contribution in [1.82, 2.24) is 15.0 Å². The van der Waals surface area contributed by atoms with E-state index in [9.17, 15) is 0 Å². The molecule has 0 fully saturated rings. The molecule has 1 aromatic carbocycles. The standard InChI is InChI=1S/C13H14N2.C7H9N.C6H14O.C3H6/c1-9-10(2)14-11(3)15-13(9)12-7-5-4-6-8-12;1-2-7-4-3-5-8-6-7;1-3-5-7-6-4-2;1-3-2/h4-8H,1-3H3;3-6H,2H2,1H3;3-6H2,1-2H3;3H,1H2,2H3. The molecule has 180 valence electrons. The predicted octanol–water partition coefficient (Wildman–Crippen LogP) is 7.73. The minimum Gasteiger partial charge on any atom is -0.381 e. The normalized spacial score (nSPS) is 9.30. The highest BCUT2D eigenvalue weighted by atomic mass is 16.5. The first-order chi connectivity index (χ1) is 15.9. The number of hydrogen-bond donors (Lipinski definition) is 0. The minimum atomic E-state index is 0.831. The largest absolute Gasteiger partial charge is 0.381 e. The van der Waals surface area contributed by atoms with Gasteiger partial charge < -0.3 is 4.74 Å². The number of ether oxygens (including phenoxy) is 1. The van der Waals surface area contributed by atoms with Crippen LogP contribution in [-0.4, -0.2) is 28.2 Å². The van der Waals surface area contributed by atoms with E-state index in [1.54, 1.807) is 12.3 Å². The maximum absolute atomic E-state index is 5.13. The Kier molecular flexibility index (Phi) is 18.1. The first-order valence-corrected chi connectivity index (χ1v) is 11.9. The van der Waals surface area contributed by atoms with Crippen LogP contribution >= 0.6 is 0 Å². The summed E-state index contributed by atoms with van der Waals surface area (Å²) >= 11 is 0. The van der Waals surface area contributed by atoms with Crippen molar-refractivity contribution in [2.75, 3.05) is 13.2 Å². The summed E-state index contributed by atoms with van der Waals surface area (Å²) in [5.74, 6) is 0.831. The fraction of sp³-hybridized carbons (Fsp3) is 0.414. The highest BCUT2D eigenvalue weighted by Crippen LogP contribution is 2.22. The van der Waals surface area contributed by atoms with E-state index in [4.69, 9.17) is 4.74 Å². The first-order valence-electron chi connectivity index (χ1n) is 11.9. The number of aryl methyl sites for hydroxylation is 3. The highest BCUT2D eigenvalue weighted by Gasteiger charge is 2.07. The molecule has 4 nitrogen and oxygen atoms in total. The van der Waals surface area contributed by atoms with Gasteiger partial charge in [0.25, 0.3) is 0 Å². The summed E-state index contributed by atoms with van der Waals surface area (Å²) in [5.41, 5.74) is 5.71. The summed E-state index contributed by atoms with van der Waals surface area (Å²) in [4.78, 5) is 12.8. The number of pyridine rings is 1. The molecule has 0 aliphatic carbocycles. The third kappa shape index (κ3) is 14.0. The van der Waals surface area contributed by atoms with Gasteiger partial charge in [0.2, 0.25) is 0 Å². The van der Waals surface area contributed by atoms with E-state index in [1.165, 1.54) is 5.56 Å². The second kappa shape index (κ2) is 19.8. The van der Waals surface area contributed by atoms with Crippen molar-refractivity contribution >= 4 is 0 Å². The molecule has 0 N–H and O–H groups in total. The lowest BCUT2D eigenvalue weighted by molar-refractivity contribution is 0.135. The Morgan fingerprint density at radius 2 is 1.48 bits per heavy atom. The molecule has 0 saturated carbocycles. The third-order valence-corrected chi connectivity index (χ3v) is 4.38. The molecule has 4 heteroatoms. The number of aromatic nitrogens is 3. The number of hydrogen-bond acceptors (Lipinski definition) is 4. The van der Waals surface area contributed by atoms with E-state index in [2.05, 4.69) is 67.4 Å². The van der Waals surface area contributed by atoms with Crippen molar-refractivity contribution in [3.63, 3.8) is 0 Å². The molecule has 0 aliphatic rings. The van der Waals surface area contributed by atoms with E-state index in [-0.39, 0.29) is 0 Å². The van der Waals surface area contributed by atoms with Gasteiger partial charge in [-0.2, -0.15) is 0 Å². The topological polar surface area (TPSA) is 47.9 Å². The summed E-state index contributed by atoms with van der Waals surface area (Å²) in [6.07, 6.45) is 8.78. The fourth-order valence-electron chi connectivity index (χ4n) is 2.64. The van der Waals surface area contributed by atoms with Crippen LogP contribution in [0, 0.1) is 20.8 Å². The molecule has 0 radical (unpaired) electrons. The van der Waals surface area contributed by atoms with Crippen molar-refractivity contribution in [3.05, 3.63) is 90.2 Å². The summed E-state index contributed by atoms with van der Waals surface area (Å²) < 4.78 is 5.13. The minimum absolute atomic E-state index is 0.831. The van der Waals surface area contributed by atoms with Crippen molar-refractivity contribution in [3.8, 4) is 11.3 Å². The number of nitrogens with zero attached hydrogens (tertiary/aromatic N) is 3. The quantitative estimate of drug-likeness (QED) is 0.285. The van der Waals surface area contributed by atoms with Crippen LogP contribution in [0.1, 0.15) is 63.2 Å². The van der Waals surface area contributed by atoms with Crippen molar-refractivity contribution in [1.29, 1.82) is 0 Å². The third-order valence-electron chi connectivity index (χ3n) is 4.38. The van der Waals surface area contributed by atoms with Crippen LogP contribution in [0.2, 0.25) is 0 Å². The van der Waals surface area contributed by atoms with Gasteiger partial charge in [-0.1, -0.05) is 63.2 Å². The Morgan fingerprint density at radius 3 is 1.94 bits per heavy atom. The molecule has 0 saturated heterocycles. The van der Waals surface area contributed by atoms with Gasteiger partial charge in [0.1, 0.15) is 5.82 Å². The Hall–Kier alpha value is -2.85. The average Bonchev–Trinajstić information content (AvgIpc) is 2.84. The molecule has 2 aromatic heterocycles. The summed E-state index contributed by atoms with van der Waals surface area (Å²) in [5, 5.41) is 0. The molecule has 3 rings (SSSR count). The average molecular weight is 450 g/mol.